The first-order valence-electron chi connectivity index (χ1n) is 9.37. The van der Waals surface area contributed by atoms with Crippen LogP contribution >= 0.6 is 0 Å². The van der Waals surface area contributed by atoms with E-state index in [4.69, 9.17) is 0 Å². The molecule has 30 heavy (non-hydrogen) atoms. The van der Waals surface area contributed by atoms with Crippen LogP contribution in [-0.4, -0.2) is 56.9 Å². The maximum Gasteiger partial charge on any atom is 0.285 e. The first kappa shape index (κ1) is 20.5. The van der Waals surface area contributed by atoms with Crippen molar-refractivity contribution in [3.63, 3.8) is 0 Å². The average molecular weight is 426 g/mol. The second kappa shape index (κ2) is 8.13. The second-order valence-electron chi connectivity index (χ2n) is 7.27. The number of anilines is 1. The number of benzene rings is 1. The molecule has 1 aromatic carbocycles. The van der Waals surface area contributed by atoms with Crippen LogP contribution in [0.1, 0.15) is 24.0 Å². The molecule has 0 spiro atoms. The van der Waals surface area contributed by atoms with Gasteiger partial charge < -0.3 is 5.32 Å². The highest BCUT2D eigenvalue weighted by molar-refractivity contribution is 5.85. The molecule has 0 aliphatic carbocycles. The lowest BCUT2D eigenvalue weighted by Crippen LogP contribution is -2.50. The summed E-state index contributed by atoms with van der Waals surface area (Å²) in [4.78, 5) is 9.47. The standard InChI is InChI=1S/C19H19F5N6/c20-14-8-30(9-19(23,24)12-3-1-11(2-4-12)16(21)22)6-5-15(14)28-17-13-7-27-29-18(13)26-10-25-17/h1-4,7,10,14-16H,5-6,8-9H2,(H2,25,26,27,28,29)/t14-,15-/m0/s1. The molecule has 3 aromatic rings. The lowest BCUT2D eigenvalue weighted by molar-refractivity contribution is -0.0491. The van der Waals surface area contributed by atoms with Crippen molar-refractivity contribution in [2.75, 3.05) is 25.0 Å². The van der Waals surface area contributed by atoms with Gasteiger partial charge in [0.05, 0.1) is 24.2 Å². The Bertz CT molecular complexity index is 993. The largest absolute Gasteiger partial charge is 0.364 e. The summed E-state index contributed by atoms with van der Waals surface area (Å²) in [5.74, 6) is -2.85. The van der Waals surface area contributed by atoms with E-state index in [-0.39, 0.29) is 24.2 Å². The summed E-state index contributed by atoms with van der Waals surface area (Å²) in [6.45, 7) is -0.613. The second-order valence-corrected chi connectivity index (χ2v) is 7.27. The van der Waals surface area contributed by atoms with E-state index < -0.39 is 31.1 Å². The maximum absolute atomic E-state index is 14.7. The minimum Gasteiger partial charge on any atom is -0.364 e. The summed E-state index contributed by atoms with van der Waals surface area (Å²) in [7, 11) is 0. The summed E-state index contributed by atoms with van der Waals surface area (Å²) in [6.07, 6.45) is -0.965. The van der Waals surface area contributed by atoms with Gasteiger partial charge in [0.1, 0.15) is 18.3 Å². The van der Waals surface area contributed by atoms with E-state index in [1.807, 2.05) is 0 Å². The number of piperidine rings is 1. The van der Waals surface area contributed by atoms with Crippen molar-refractivity contribution >= 4 is 16.9 Å². The normalized spacial score (nSPS) is 20.7. The number of rotatable bonds is 6. The Morgan fingerprint density at radius 2 is 1.97 bits per heavy atom. The van der Waals surface area contributed by atoms with Crippen molar-refractivity contribution in [1.82, 2.24) is 25.1 Å². The fourth-order valence-electron chi connectivity index (χ4n) is 3.57. The van der Waals surface area contributed by atoms with E-state index >= 15 is 0 Å². The average Bonchev–Trinajstić information content (AvgIpc) is 3.20. The van der Waals surface area contributed by atoms with Gasteiger partial charge >= 0.3 is 0 Å². The maximum atomic E-state index is 14.7. The van der Waals surface area contributed by atoms with E-state index in [1.165, 1.54) is 17.4 Å². The van der Waals surface area contributed by atoms with Crippen molar-refractivity contribution in [1.29, 1.82) is 0 Å². The Morgan fingerprint density at radius 3 is 2.67 bits per heavy atom. The molecule has 6 nitrogen and oxygen atoms in total. The molecule has 1 aliphatic heterocycles. The zero-order chi connectivity index (χ0) is 21.3. The van der Waals surface area contributed by atoms with Crippen LogP contribution in [0.5, 0.6) is 0 Å². The molecule has 2 aromatic heterocycles. The minimum absolute atomic E-state index is 0.179. The van der Waals surface area contributed by atoms with Gasteiger partial charge in [-0.2, -0.15) is 13.9 Å². The Balaban J connectivity index is 1.38. The zero-order valence-electron chi connectivity index (χ0n) is 15.7. The molecule has 11 heteroatoms. The third kappa shape index (κ3) is 4.20. The fourth-order valence-corrected chi connectivity index (χ4v) is 3.57. The number of likely N-dealkylation sites (tertiary alicyclic amines) is 1. The predicted molar refractivity (Wildman–Crippen MR) is 100 cm³/mol. The van der Waals surface area contributed by atoms with Crippen molar-refractivity contribution in [3.8, 4) is 0 Å². The van der Waals surface area contributed by atoms with Gasteiger partial charge in [0, 0.05) is 24.2 Å². The molecule has 1 saturated heterocycles. The Hall–Kier alpha value is -2.82. The van der Waals surface area contributed by atoms with E-state index in [9.17, 15) is 22.0 Å². The Kier molecular flexibility index (Phi) is 5.54. The Labute approximate surface area is 168 Å². The van der Waals surface area contributed by atoms with Crippen molar-refractivity contribution in [2.24, 2.45) is 0 Å². The van der Waals surface area contributed by atoms with Crippen LogP contribution in [-0.2, 0) is 5.92 Å². The molecular formula is C19H19F5N6. The monoisotopic (exact) mass is 426 g/mol. The minimum atomic E-state index is -3.28. The SMILES string of the molecule is FC(F)c1ccc(C(F)(F)CN2CC[C@H](Nc3ncnc4[nH]ncc34)[C@@H](F)C2)cc1. The number of fused-ring (bicyclic) bond motifs is 1. The van der Waals surface area contributed by atoms with Gasteiger partial charge in [-0.15, -0.1) is 0 Å². The van der Waals surface area contributed by atoms with E-state index in [0.29, 0.717) is 23.3 Å². The molecule has 2 atom stereocenters. The third-order valence-electron chi connectivity index (χ3n) is 5.20. The molecule has 160 valence electrons. The zero-order valence-corrected chi connectivity index (χ0v) is 15.7. The Morgan fingerprint density at radius 1 is 1.20 bits per heavy atom. The van der Waals surface area contributed by atoms with Gasteiger partial charge in [-0.1, -0.05) is 24.3 Å². The number of H-pyrrole nitrogens is 1. The number of halogens is 5. The first-order valence-corrected chi connectivity index (χ1v) is 9.37. The van der Waals surface area contributed by atoms with Crippen LogP contribution in [0.3, 0.4) is 0 Å². The molecule has 0 saturated carbocycles. The van der Waals surface area contributed by atoms with Gasteiger partial charge in [0.2, 0.25) is 0 Å². The van der Waals surface area contributed by atoms with Crippen LogP contribution in [0.25, 0.3) is 11.0 Å². The van der Waals surface area contributed by atoms with Crippen LogP contribution in [0.4, 0.5) is 27.8 Å². The van der Waals surface area contributed by atoms with Crippen molar-refractivity contribution in [2.45, 2.75) is 31.0 Å². The molecule has 4 rings (SSSR count). The third-order valence-corrected chi connectivity index (χ3v) is 5.20. The van der Waals surface area contributed by atoms with Gasteiger partial charge in [0.15, 0.2) is 5.65 Å². The molecular weight excluding hydrogens is 407 g/mol. The van der Waals surface area contributed by atoms with Gasteiger partial charge in [-0.3, -0.25) is 10.00 Å². The summed E-state index contributed by atoms with van der Waals surface area (Å²) in [5, 5.41) is 10.2. The van der Waals surface area contributed by atoms with Crippen molar-refractivity contribution in [3.05, 3.63) is 47.9 Å². The number of aromatic nitrogens is 4. The predicted octanol–water partition coefficient (Wildman–Crippen LogP) is 3.91. The lowest BCUT2D eigenvalue weighted by atomic mass is 10.0. The lowest BCUT2D eigenvalue weighted by Gasteiger charge is -2.36. The molecule has 2 N–H and O–H groups in total. The molecule has 1 fully saturated rings. The first-order chi connectivity index (χ1) is 14.3. The smallest absolute Gasteiger partial charge is 0.285 e. The van der Waals surface area contributed by atoms with E-state index in [1.54, 1.807) is 0 Å². The molecule has 0 unspecified atom stereocenters. The van der Waals surface area contributed by atoms with Gasteiger partial charge in [-0.05, 0) is 6.42 Å². The summed E-state index contributed by atoms with van der Waals surface area (Å²) in [5.41, 5.74) is -0.176. The van der Waals surface area contributed by atoms with Crippen LogP contribution in [0, 0.1) is 0 Å². The topological polar surface area (TPSA) is 69.7 Å². The molecule has 0 bridgehead atoms. The number of aromatic amines is 1. The highest BCUT2D eigenvalue weighted by atomic mass is 19.3. The highest BCUT2D eigenvalue weighted by Crippen LogP contribution is 2.32. The van der Waals surface area contributed by atoms with E-state index in [2.05, 4.69) is 25.5 Å². The van der Waals surface area contributed by atoms with Crippen molar-refractivity contribution < 1.29 is 22.0 Å². The highest BCUT2D eigenvalue weighted by Gasteiger charge is 2.38. The summed E-state index contributed by atoms with van der Waals surface area (Å²) >= 11 is 0. The molecule has 3 heterocycles. The summed E-state index contributed by atoms with van der Waals surface area (Å²) in [6, 6.07) is 3.37. The molecule has 0 radical (unpaired) electrons. The number of hydrogen-bond donors (Lipinski definition) is 2. The van der Waals surface area contributed by atoms with Crippen LogP contribution < -0.4 is 5.32 Å². The fraction of sp³-hybridized carbons (Fsp3) is 0.421. The number of alkyl halides is 5. The number of hydrogen-bond acceptors (Lipinski definition) is 5. The molecule has 1 aliphatic rings. The van der Waals surface area contributed by atoms with E-state index in [0.717, 1.165) is 24.3 Å². The number of nitrogens with zero attached hydrogens (tertiary/aromatic N) is 4. The van der Waals surface area contributed by atoms with Crippen LogP contribution in [0.15, 0.2) is 36.8 Å². The number of nitrogens with one attached hydrogen (secondary N) is 2. The van der Waals surface area contributed by atoms with Crippen LogP contribution in [0.2, 0.25) is 0 Å². The van der Waals surface area contributed by atoms with Gasteiger partial charge in [-0.25, -0.2) is 23.1 Å². The van der Waals surface area contributed by atoms with Gasteiger partial charge in [0.25, 0.3) is 12.3 Å². The molecule has 0 amide bonds. The summed E-state index contributed by atoms with van der Waals surface area (Å²) < 4.78 is 69.1. The quantitative estimate of drug-likeness (QED) is 0.585.